The van der Waals surface area contributed by atoms with Crippen LogP contribution < -0.4 is 0 Å². The SMILES string of the molecule is Cc1cc(C(F)(F)F)n2nc(C(=O)N3CCN(Cc4cn(C)nc4C)CC3)c(Cl)c2n1. The second-order valence-electron chi connectivity index (χ2n) is 7.66. The van der Waals surface area contributed by atoms with Crippen LogP contribution >= 0.6 is 11.6 Å². The van der Waals surface area contributed by atoms with E-state index < -0.39 is 17.8 Å². The Morgan fingerprint density at radius 3 is 2.42 bits per heavy atom. The van der Waals surface area contributed by atoms with E-state index >= 15 is 0 Å². The summed E-state index contributed by atoms with van der Waals surface area (Å²) >= 11 is 6.24. The Morgan fingerprint density at radius 2 is 1.84 bits per heavy atom. The Morgan fingerprint density at radius 1 is 1.16 bits per heavy atom. The third-order valence-electron chi connectivity index (χ3n) is 5.32. The molecule has 0 aromatic carbocycles. The van der Waals surface area contributed by atoms with Crippen molar-refractivity contribution >= 4 is 23.2 Å². The predicted octanol–water partition coefficient (Wildman–Crippen LogP) is 2.71. The number of piperazine rings is 1. The number of aryl methyl sites for hydroxylation is 3. The molecular formula is C19H21ClF3N7O. The Balaban J connectivity index is 1.53. The van der Waals surface area contributed by atoms with Gasteiger partial charge in [-0.2, -0.15) is 23.4 Å². The lowest BCUT2D eigenvalue weighted by atomic mass is 10.2. The lowest BCUT2D eigenvalue weighted by Gasteiger charge is -2.34. The molecule has 0 aliphatic carbocycles. The fraction of sp³-hybridized carbons (Fsp3) is 0.474. The summed E-state index contributed by atoms with van der Waals surface area (Å²) in [6.07, 6.45) is -2.69. The number of fused-ring (bicyclic) bond motifs is 1. The van der Waals surface area contributed by atoms with E-state index in [2.05, 4.69) is 20.1 Å². The largest absolute Gasteiger partial charge is 0.433 e. The maximum atomic E-state index is 13.4. The zero-order valence-corrected chi connectivity index (χ0v) is 18.0. The summed E-state index contributed by atoms with van der Waals surface area (Å²) in [6.45, 7) is 6.18. The third kappa shape index (κ3) is 4.11. The average molecular weight is 456 g/mol. The van der Waals surface area contributed by atoms with Crippen LogP contribution in [0.2, 0.25) is 5.02 Å². The van der Waals surface area contributed by atoms with Gasteiger partial charge in [-0.05, 0) is 19.9 Å². The first-order chi connectivity index (χ1) is 14.5. The van der Waals surface area contributed by atoms with Crippen LogP contribution in [0.5, 0.6) is 0 Å². The van der Waals surface area contributed by atoms with Crippen LogP contribution in [0, 0.1) is 13.8 Å². The highest BCUT2D eigenvalue weighted by molar-refractivity contribution is 6.36. The highest BCUT2D eigenvalue weighted by Gasteiger charge is 2.37. The minimum Gasteiger partial charge on any atom is -0.335 e. The molecule has 12 heteroatoms. The summed E-state index contributed by atoms with van der Waals surface area (Å²) in [5, 5.41) is 8.04. The number of alkyl halides is 3. The number of carbonyl (C=O) groups is 1. The van der Waals surface area contributed by atoms with Gasteiger partial charge in [0.1, 0.15) is 10.7 Å². The monoisotopic (exact) mass is 455 g/mol. The van der Waals surface area contributed by atoms with Crippen molar-refractivity contribution in [2.45, 2.75) is 26.6 Å². The van der Waals surface area contributed by atoms with E-state index in [0.717, 1.165) is 23.9 Å². The van der Waals surface area contributed by atoms with Gasteiger partial charge in [0.2, 0.25) is 0 Å². The Labute approximate surface area is 181 Å². The van der Waals surface area contributed by atoms with E-state index in [0.29, 0.717) is 30.7 Å². The maximum Gasteiger partial charge on any atom is 0.433 e. The lowest BCUT2D eigenvalue weighted by molar-refractivity contribution is -0.142. The summed E-state index contributed by atoms with van der Waals surface area (Å²) in [4.78, 5) is 20.8. The number of amides is 1. The Hall–Kier alpha value is -2.66. The average Bonchev–Trinajstić information content (AvgIpc) is 3.19. The van der Waals surface area contributed by atoms with Crippen molar-refractivity contribution in [1.29, 1.82) is 0 Å². The first kappa shape index (κ1) is 21.6. The number of hydrogen-bond acceptors (Lipinski definition) is 5. The molecule has 0 bridgehead atoms. The van der Waals surface area contributed by atoms with Crippen LogP contribution in [0.4, 0.5) is 13.2 Å². The number of halogens is 4. The van der Waals surface area contributed by atoms with Crippen molar-refractivity contribution < 1.29 is 18.0 Å². The van der Waals surface area contributed by atoms with Crippen molar-refractivity contribution in [1.82, 2.24) is 34.2 Å². The van der Waals surface area contributed by atoms with Crippen molar-refractivity contribution in [3.8, 4) is 0 Å². The van der Waals surface area contributed by atoms with E-state index in [1.54, 1.807) is 9.58 Å². The van der Waals surface area contributed by atoms with E-state index in [9.17, 15) is 18.0 Å². The van der Waals surface area contributed by atoms with Gasteiger partial charge in [-0.15, -0.1) is 0 Å². The van der Waals surface area contributed by atoms with Crippen molar-refractivity contribution in [2.24, 2.45) is 7.05 Å². The van der Waals surface area contributed by atoms with E-state index in [1.165, 1.54) is 6.92 Å². The number of nitrogens with zero attached hydrogens (tertiary/aromatic N) is 7. The minimum atomic E-state index is -4.66. The fourth-order valence-corrected chi connectivity index (χ4v) is 4.00. The first-order valence-corrected chi connectivity index (χ1v) is 10.1. The van der Waals surface area contributed by atoms with Gasteiger partial charge in [-0.1, -0.05) is 11.6 Å². The van der Waals surface area contributed by atoms with Gasteiger partial charge >= 0.3 is 6.18 Å². The number of hydrogen-bond donors (Lipinski definition) is 0. The van der Waals surface area contributed by atoms with Crippen LogP contribution in [0.25, 0.3) is 5.65 Å². The normalized spacial score (nSPS) is 15.8. The van der Waals surface area contributed by atoms with E-state index in [1.807, 2.05) is 20.2 Å². The Kier molecular flexibility index (Phi) is 5.42. The quantitative estimate of drug-likeness (QED) is 0.607. The minimum absolute atomic E-state index is 0.139. The molecule has 1 fully saturated rings. The molecular weight excluding hydrogens is 435 g/mol. The van der Waals surface area contributed by atoms with E-state index in [-0.39, 0.29) is 22.1 Å². The summed E-state index contributed by atoms with van der Waals surface area (Å²) in [7, 11) is 1.87. The van der Waals surface area contributed by atoms with Crippen molar-refractivity contribution in [3.63, 3.8) is 0 Å². The molecule has 1 saturated heterocycles. The van der Waals surface area contributed by atoms with Gasteiger partial charge in [0.25, 0.3) is 5.91 Å². The summed E-state index contributed by atoms with van der Waals surface area (Å²) in [5.41, 5.74) is 0.796. The molecule has 1 aliphatic rings. The van der Waals surface area contributed by atoms with Gasteiger partial charge in [0.15, 0.2) is 11.3 Å². The van der Waals surface area contributed by atoms with Crippen LogP contribution in [-0.2, 0) is 19.8 Å². The molecule has 0 atom stereocenters. The third-order valence-corrected chi connectivity index (χ3v) is 5.67. The maximum absolute atomic E-state index is 13.4. The van der Waals surface area contributed by atoms with Crippen molar-refractivity contribution in [2.75, 3.05) is 26.2 Å². The zero-order chi connectivity index (χ0) is 22.5. The standard InChI is InChI=1S/C19H21ClF3N7O/c1-11-8-14(19(21,22)23)30-17(24-11)15(20)16(26-30)18(31)29-6-4-28(5-7-29)10-13-9-27(3)25-12(13)2/h8-9H,4-7,10H2,1-3H3. The van der Waals surface area contributed by atoms with Gasteiger partial charge in [-0.25, -0.2) is 9.50 Å². The molecule has 1 amide bonds. The molecule has 0 N–H and O–H groups in total. The van der Waals surface area contributed by atoms with Crippen molar-refractivity contribution in [3.05, 3.63) is 45.6 Å². The van der Waals surface area contributed by atoms with Gasteiger partial charge < -0.3 is 4.90 Å². The fourth-order valence-electron chi connectivity index (χ4n) is 3.76. The van der Waals surface area contributed by atoms with Gasteiger partial charge in [0.05, 0.1) is 5.69 Å². The van der Waals surface area contributed by atoms with Crippen LogP contribution in [0.15, 0.2) is 12.3 Å². The van der Waals surface area contributed by atoms with E-state index in [4.69, 9.17) is 11.6 Å². The molecule has 0 spiro atoms. The van der Waals surface area contributed by atoms with Crippen LogP contribution in [-0.4, -0.2) is 66.3 Å². The number of aromatic nitrogens is 5. The van der Waals surface area contributed by atoms with Crippen LogP contribution in [0.3, 0.4) is 0 Å². The predicted molar refractivity (Wildman–Crippen MR) is 107 cm³/mol. The second-order valence-corrected chi connectivity index (χ2v) is 8.04. The molecule has 0 saturated carbocycles. The topological polar surface area (TPSA) is 71.6 Å². The zero-order valence-electron chi connectivity index (χ0n) is 17.2. The summed E-state index contributed by atoms with van der Waals surface area (Å²) in [5.74, 6) is -0.501. The van der Waals surface area contributed by atoms with Crippen LogP contribution in [0.1, 0.15) is 33.1 Å². The summed E-state index contributed by atoms with van der Waals surface area (Å²) < 4.78 is 42.6. The molecule has 0 radical (unpaired) electrons. The molecule has 31 heavy (non-hydrogen) atoms. The molecule has 3 aromatic heterocycles. The lowest BCUT2D eigenvalue weighted by Crippen LogP contribution is -2.48. The molecule has 166 valence electrons. The highest BCUT2D eigenvalue weighted by Crippen LogP contribution is 2.32. The smallest absolute Gasteiger partial charge is 0.335 e. The molecule has 0 unspecified atom stereocenters. The summed E-state index contributed by atoms with van der Waals surface area (Å²) in [6, 6.07) is 0.879. The molecule has 4 heterocycles. The highest BCUT2D eigenvalue weighted by atomic mass is 35.5. The second kappa shape index (κ2) is 7.79. The molecule has 8 nitrogen and oxygen atoms in total. The Bertz CT molecular complexity index is 1150. The van der Waals surface area contributed by atoms with Gasteiger partial charge in [0, 0.05) is 57.2 Å². The first-order valence-electron chi connectivity index (χ1n) is 9.68. The molecule has 3 aromatic rings. The molecule has 4 rings (SSSR count). The molecule has 1 aliphatic heterocycles. The number of carbonyl (C=O) groups excluding carboxylic acids is 1. The van der Waals surface area contributed by atoms with Gasteiger partial charge in [-0.3, -0.25) is 14.4 Å². The number of rotatable bonds is 3.